The highest BCUT2D eigenvalue weighted by Gasteiger charge is 2.00. The van der Waals surface area contributed by atoms with Crippen LogP contribution in [-0.4, -0.2) is 16.2 Å². The zero-order chi connectivity index (χ0) is 14.5. The number of hydrazone groups is 1. The highest BCUT2D eigenvalue weighted by Crippen LogP contribution is 2.20. The molecule has 0 atom stereocenters. The van der Waals surface area contributed by atoms with Crippen molar-refractivity contribution in [2.75, 3.05) is 5.43 Å². The molecular weight excluding hydrogens is 284 g/mol. The fourth-order valence-electron chi connectivity index (χ4n) is 1.77. The Kier molecular flexibility index (Phi) is 4.07. The lowest BCUT2D eigenvalue weighted by molar-refractivity contribution is 0.572. The molecule has 6 heteroatoms. The lowest BCUT2D eigenvalue weighted by atomic mass is 10.2. The SMILES string of the molecule is CCc1csc(/C=N/Nc2ccc(-c3cnco3)cc2)n1. The first-order chi connectivity index (χ1) is 10.3. The molecule has 2 heterocycles. The number of benzene rings is 1. The molecule has 106 valence electrons. The van der Waals surface area contributed by atoms with E-state index in [0.29, 0.717) is 0 Å². The van der Waals surface area contributed by atoms with Gasteiger partial charge in [0.1, 0.15) is 5.01 Å². The molecule has 0 saturated carbocycles. The summed E-state index contributed by atoms with van der Waals surface area (Å²) >= 11 is 1.59. The highest BCUT2D eigenvalue weighted by molar-refractivity contribution is 7.11. The molecule has 1 aromatic carbocycles. The Morgan fingerprint density at radius 1 is 1.33 bits per heavy atom. The number of rotatable bonds is 5. The molecule has 0 fully saturated rings. The lowest BCUT2D eigenvalue weighted by Crippen LogP contribution is -1.90. The van der Waals surface area contributed by atoms with Gasteiger partial charge in [-0.1, -0.05) is 6.92 Å². The third-order valence-corrected chi connectivity index (χ3v) is 3.73. The molecule has 0 amide bonds. The van der Waals surface area contributed by atoms with Crippen LogP contribution in [0.2, 0.25) is 0 Å². The van der Waals surface area contributed by atoms with Gasteiger partial charge in [-0.05, 0) is 30.7 Å². The van der Waals surface area contributed by atoms with E-state index in [1.165, 1.54) is 6.39 Å². The highest BCUT2D eigenvalue weighted by atomic mass is 32.1. The van der Waals surface area contributed by atoms with Gasteiger partial charge in [0.15, 0.2) is 12.2 Å². The fraction of sp³-hybridized carbons (Fsp3) is 0.133. The molecule has 0 aliphatic rings. The van der Waals surface area contributed by atoms with E-state index < -0.39 is 0 Å². The quantitative estimate of drug-likeness (QED) is 0.574. The summed E-state index contributed by atoms with van der Waals surface area (Å²) in [6.07, 6.45) is 5.79. The molecule has 0 radical (unpaired) electrons. The standard InChI is InChI=1S/C15H14N4OS/c1-2-12-9-21-15(18-12)8-17-19-13-5-3-11(4-6-13)14-7-16-10-20-14/h3-10,19H,2H2,1H3/b17-8+. The average Bonchev–Trinajstić information content (AvgIpc) is 3.19. The minimum atomic E-state index is 0.750. The van der Waals surface area contributed by atoms with E-state index in [2.05, 4.69) is 27.4 Å². The molecule has 0 aliphatic heterocycles. The molecular formula is C15H14N4OS. The molecule has 2 aromatic heterocycles. The van der Waals surface area contributed by atoms with Crippen LogP contribution in [-0.2, 0) is 6.42 Å². The van der Waals surface area contributed by atoms with Crippen LogP contribution in [0, 0.1) is 0 Å². The minimum absolute atomic E-state index is 0.750. The van der Waals surface area contributed by atoms with Gasteiger partial charge in [-0.2, -0.15) is 5.10 Å². The van der Waals surface area contributed by atoms with Crippen LogP contribution in [0.25, 0.3) is 11.3 Å². The second kappa shape index (κ2) is 6.32. The summed E-state index contributed by atoms with van der Waals surface area (Å²) in [5.41, 5.74) is 5.96. The van der Waals surface area contributed by atoms with Crippen LogP contribution < -0.4 is 5.43 Å². The summed E-state index contributed by atoms with van der Waals surface area (Å²) in [6.45, 7) is 2.09. The van der Waals surface area contributed by atoms with Crippen LogP contribution in [0.4, 0.5) is 5.69 Å². The number of aryl methyl sites for hydroxylation is 1. The van der Waals surface area contributed by atoms with Crippen molar-refractivity contribution in [3.05, 3.63) is 52.9 Å². The van der Waals surface area contributed by atoms with Gasteiger partial charge in [-0.25, -0.2) is 9.97 Å². The maximum absolute atomic E-state index is 5.24. The second-order valence-electron chi connectivity index (χ2n) is 4.34. The number of nitrogens with zero attached hydrogens (tertiary/aromatic N) is 3. The van der Waals surface area contributed by atoms with Crippen molar-refractivity contribution in [2.45, 2.75) is 13.3 Å². The van der Waals surface area contributed by atoms with Crippen LogP contribution in [0.5, 0.6) is 0 Å². The topological polar surface area (TPSA) is 63.3 Å². The zero-order valence-electron chi connectivity index (χ0n) is 11.5. The van der Waals surface area contributed by atoms with Gasteiger partial charge in [0.25, 0.3) is 0 Å². The Morgan fingerprint density at radius 2 is 2.19 bits per heavy atom. The minimum Gasteiger partial charge on any atom is -0.444 e. The first-order valence-corrected chi connectivity index (χ1v) is 7.45. The largest absolute Gasteiger partial charge is 0.444 e. The van der Waals surface area contributed by atoms with Crippen molar-refractivity contribution in [1.82, 2.24) is 9.97 Å². The Hall–Kier alpha value is -2.47. The van der Waals surface area contributed by atoms with E-state index in [4.69, 9.17) is 4.42 Å². The number of nitrogens with one attached hydrogen (secondary N) is 1. The van der Waals surface area contributed by atoms with E-state index in [1.807, 2.05) is 29.6 Å². The molecule has 3 aromatic rings. The Morgan fingerprint density at radius 3 is 2.86 bits per heavy atom. The van der Waals surface area contributed by atoms with Crippen LogP contribution in [0.3, 0.4) is 0 Å². The van der Waals surface area contributed by atoms with Gasteiger partial charge >= 0.3 is 0 Å². The predicted octanol–water partition coefficient (Wildman–Crippen LogP) is 3.81. The number of thiazole rings is 1. The maximum atomic E-state index is 5.24. The smallest absolute Gasteiger partial charge is 0.181 e. The van der Waals surface area contributed by atoms with Crippen molar-refractivity contribution in [2.24, 2.45) is 5.10 Å². The van der Waals surface area contributed by atoms with E-state index in [9.17, 15) is 0 Å². The Bertz CT molecular complexity index is 716. The predicted molar refractivity (Wildman–Crippen MR) is 84.6 cm³/mol. The molecule has 0 saturated heterocycles. The van der Waals surface area contributed by atoms with Crippen molar-refractivity contribution in [1.29, 1.82) is 0 Å². The summed E-state index contributed by atoms with van der Waals surface area (Å²) in [7, 11) is 0. The summed E-state index contributed by atoms with van der Waals surface area (Å²) in [5, 5.41) is 7.14. The number of hydrogen-bond donors (Lipinski definition) is 1. The fourth-order valence-corrected chi connectivity index (χ4v) is 2.53. The van der Waals surface area contributed by atoms with Crippen molar-refractivity contribution < 1.29 is 4.42 Å². The first kappa shape index (κ1) is 13.5. The van der Waals surface area contributed by atoms with E-state index in [-0.39, 0.29) is 0 Å². The number of aromatic nitrogens is 2. The molecule has 5 nitrogen and oxygen atoms in total. The summed E-state index contributed by atoms with van der Waals surface area (Å²) in [4.78, 5) is 8.32. The van der Waals surface area contributed by atoms with E-state index in [1.54, 1.807) is 23.7 Å². The molecule has 21 heavy (non-hydrogen) atoms. The van der Waals surface area contributed by atoms with Crippen molar-refractivity contribution in [3.63, 3.8) is 0 Å². The summed E-state index contributed by atoms with van der Waals surface area (Å²) in [5.74, 6) is 0.750. The third-order valence-electron chi connectivity index (χ3n) is 2.90. The molecule has 0 aliphatic carbocycles. The third kappa shape index (κ3) is 3.35. The normalized spacial score (nSPS) is 11.1. The zero-order valence-corrected chi connectivity index (χ0v) is 12.3. The van der Waals surface area contributed by atoms with Crippen molar-refractivity contribution >= 4 is 23.2 Å². The summed E-state index contributed by atoms with van der Waals surface area (Å²) < 4.78 is 5.24. The average molecular weight is 298 g/mol. The van der Waals surface area contributed by atoms with Gasteiger partial charge in [0.2, 0.25) is 0 Å². The monoisotopic (exact) mass is 298 g/mol. The second-order valence-corrected chi connectivity index (χ2v) is 5.23. The van der Waals surface area contributed by atoms with Crippen LogP contribution in [0.1, 0.15) is 17.6 Å². The summed E-state index contributed by atoms with van der Waals surface area (Å²) in [6, 6.07) is 7.79. The molecule has 3 rings (SSSR count). The van der Waals surface area contributed by atoms with Gasteiger partial charge in [0, 0.05) is 10.9 Å². The molecule has 0 unspecified atom stereocenters. The van der Waals surface area contributed by atoms with Gasteiger partial charge < -0.3 is 4.42 Å². The Balaban J connectivity index is 1.63. The van der Waals surface area contributed by atoms with Gasteiger partial charge in [0.05, 0.1) is 23.8 Å². The van der Waals surface area contributed by atoms with Gasteiger partial charge in [-0.3, -0.25) is 5.43 Å². The van der Waals surface area contributed by atoms with E-state index >= 15 is 0 Å². The van der Waals surface area contributed by atoms with Crippen LogP contribution >= 0.6 is 11.3 Å². The van der Waals surface area contributed by atoms with Crippen molar-refractivity contribution in [3.8, 4) is 11.3 Å². The molecule has 0 spiro atoms. The Labute approximate surface area is 126 Å². The lowest BCUT2D eigenvalue weighted by Gasteiger charge is -2.00. The van der Waals surface area contributed by atoms with Gasteiger partial charge in [-0.15, -0.1) is 11.3 Å². The van der Waals surface area contributed by atoms with Crippen LogP contribution in [0.15, 0.2) is 51.8 Å². The molecule has 1 N–H and O–H groups in total. The number of oxazole rings is 1. The first-order valence-electron chi connectivity index (χ1n) is 6.57. The number of hydrogen-bond acceptors (Lipinski definition) is 6. The maximum Gasteiger partial charge on any atom is 0.181 e. The molecule has 0 bridgehead atoms. The van der Waals surface area contributed by atoms with E-state index in [0.717, 1.165) is 34.1 Å². The number of anilines is 1.